The van der Waals surface area contributed by atoms with Gasteiger partial charge in [-0.25, -0.2) is 0 Å². The van der Waals surface area contributed by atoms with Crippen molar-refractivity contribution in [3.63, 3.8) is 0 Å². The number of nitriles is 1. The van der Waals surface area contributed by atoms with Gasteiger partial charge >= 0.3 is 0 Å². The molecule has 0 N–H and O–H groups in total. The molecule has 1 aromatic carbocycles. The van der Waals surface area contributed by atoms with Gasteiger partial charge in [0.05, 0.1) is 11.6 Å². The van der Waals surface area contributed by atoms with Crippen molar-refractivity contribution in [3.05, 3.63) is 29.3 Å². The summed E-state index contributed by atoms with van der Waals surface area (Å²) in [6, 6.07) is 9.20. The Labute approximate surface area is 115 Å². The zero-order chi connectivity index (χ0) is 13.2. The lowest BCUT2D eigenvalue weighted by atomic mass is 9.99. The summed E-state index contributed by atoms with van der Waals surface area (Å²) in [5, 5.41) is 9.00. The number of rotatable bonds is 1. The van der Waals surface area contributed by atoms with Crippen LogP contribution in [0.3, 0.4) is 0 Å². The van der Waals surface area contributed by atoms with Crippen molar-refractivity contribution in [2.24, 2.45) is 0 Å². The highest BCUT2D eigenvalue weighted by Gasteiger charge is 2.28. The van der Waals surface area contributed by atoms with Crippen molar-refractivity contribution in [2.45, 2.75) is 32.2 Å². The summed E-state index contributed by atoms with van der Waals surface area (Å²) in [5.41, 5.74) is 3.16. The van der Waals surface area contributed by atoms with Crippen LogP contribution in [0.1, 0.15) is 30.4 Å². The number of piperidine rings is 1. The SMILES string of the molecule is Cc1cc(N2CCN3CCCCC3C2)ccc1C#N. The molecule has 0 bridgehead atoms. The molecule has 0 saturated carbocycles. The van der Waals surface area contributed by atoms with E-state index in [1.165, 1.54) is 38.0 Å². The summed E-state index contributed by atoms with van der Waals surface area (Å²) in [6.07, 6.45) is 4.08. The van der Waals surface area contributed by atoms with E-state index in [1.54, 1.807) is 0 Å². The Kier molecular flexibility index (Phi) is 3.44. The Hall–Kier alpha value is -1.53. The number of piperazine rings is 1. The van der Waals surface area contributed by atoms with Gasteiger partial charge in [-0.2, -0.15) is 5.26 Å². The first-order valence-electron chi connectivity index (χ1n) is 7.27. The van der Waals surface area contributed by atoms with Crippen LogP contribution in [0, 0.1) is 18.3 Å². The molecule has 3 nitrogen and oxygen atoms in total. The lowest BCUT2D eigenvalue weighted by Crippen LogP contribution is -2.54. The van der Waals surface area contributed by atoms with Gasteiger partial charge in [-0.05, 0) is 50.1 Å². The van der Waals surface area contributed by atoms with E-state index in [0.717, 1.165) is 30.3 Å². The number of nitrogens with zero attached hydrogens (tertiary/aromatic N) is 3. The van der Waals surface area contributed by atoms with E-state index in [0.29, 0.717) is 0 Å². The van der Waals surface area contributed by atoms with Crippen molar-refractivity contribution in [2.75, 3.05) is 31.1 Å². The third kappa shape index (κ3) is 2.46. The first kappa shape index (κ1) is 12.5. The van der Waals surface area contributed by atoms with Crippen molar-refractivity contribution < 1.29 is 0 Å². The summed E-state index contributed by atoms with van der Waals surface area (Å²) < 4.78 is 0. The molecule has 3 rings (SSSR count). The zero-order valence-corrected chi connectivity index (χ0v) is 11.6. The van der Waals surface area contributed by atoms with E-state index in [1.807, 2.05) is 13.0 Å². The van der Waals surface area contributed by atoms with E-state index in [9.17, 15) is 0 Å². The van der Waals surface area contributed by atoms with E-state index in [4.69, 9.17) is 5.26 Å². The predicted molar refractivity (Wildman–Crippen MR) is 77.3 cm³/mol. The molecule has 1 unspecified atom stereocenters. The topological polar surface area (TPSA) is 30.3 Å². The fraction of sp³-hybridized carbons (Fsp3) is 0.562. The van der Waals surface area contributed by atoms with Crippen LogP contribution >= 0.6 is 0 Å². The molecule has 2 saturated heterocycles. The first-order chi connectivity index (χ1) is 9.28. The molecule has 19 heavy (non-hydrogen) atoms. The van der Waals surface area contributed by atoms with Gasteiger partial charge in [-0.1, -0.05) is 6.42 Å². The third-order valence-corrected chi connectivity index (χ3v) is 4.53. The van der Waals surface area contributed by atoms with Crippen LogP contribution < -0.4 is 4.90 Å². The van der Waals surface area contributed by atoms with Crippen LogP contribution in [0.5, 0.6) is 0 Å². The second-order valence-corrected chi connectivity index (χ2v) is 5.74. The summed E-state index contributed by atoms with van der Waals surface area (Å²) in [6.45, 7) is 6.75. The molecule has 2 fully saturated rings. The number of aryl methyl sites for hydroxylation is 1. The van der Waals surface area contributed by atoms with Crippen LogP contribution in [0.4, 0.5) is 5.69 Å². The summed E-state index contributed by atoms with van der Waals surface area (Å²) >= 11 is 0. The van der Waals surface area contributed by atoms with Gasteiger partial charge in [0.1, 0.15) is 0 Å². The Morgan fingerprint density at radius 1 is 1.21 bits per heavy atom. The van der Waals surface area contributed by atoms with E-state index < -0.39 is 0 Å². The van der Waals surface area contributed by atoms with Crippen LogP contribution in [-0.2, 0) is 0 Å². The number of hydrogen-bond donors (Lipinski definition) is 0. The molecule has 3 heteroatoms. The number of anilines is 1. The predicted octanol–water partition coefficient (Wildman–Crippen LogP) is 2.54. The molecule has 2 aliphatic heterocycles. The minimum absolute atomic E-state index is 0.735. The largest absolute Gasteiger partial charge is 0.369 e. The summed E-state index contributed by atoms with van der Waals surface area (Å²) in [5.74, 6) is 0. The molecule has 0 aromatic heterocycles. The average Bonchev–Trinajstić information content (AvgIpc) is 2.46. The first-order valence-corrected chi connectivity index (χ1v) is 7.27. The Balaban J connectivity index is 1.76. The molecular weight excluding hydrogens is 234 g/mol. The second-order valence-electron chi connectivity index (χ2n) is 5.74. The number of hydrogen-bond acceptors (Lipinski definition) is 3. The van der Waals surface area contributed by atoms with Crippen molar-refractivity contribution >= 4 is 5.69 Å². The number of fused-ring (bicyclic) bond motifs is 1. The minimum Gasteiger partial charge on any atom is -0.369 e. The van der Waals surface area contributed by atoms with E-state index in [-0.39, 0.29) is 0 Å². The maximum absolute atomic E-state index is 9.00. The minimum atomic E-state index is 0.735. The van der Waals surface area contributed by atoms with Gasteiger partial charge in [-0.3, -0.25) is 4.90 Å². The van der Waals surface area contributed by atoms with Crippen molar-refractivity contribution in [1.82, 2.24) is 4.90 Å². The van der Waals surface area contributed by atoms with Gasteiger partial charge in [0, 0.05) is 31.4 Å². The van der Waals surface area contributed by atoms with Gasteiger partial charge in [0.2, 0.25) is 0 Å². The monoisotopic (exact) mass is 255 g/mol. The lowest BCUT2D eigenvalue weighted by molar-refractivity contribution is 0.133. The van der Waals surface area contributed by atoms with Crippen LogP contribution in [0.25, 0.3) is 0 Å². The Morgan fingerprint density at radius 2 is 2.11 bits per heavy atom. The lowest BCUT2D eigenvalue weighted by Gasteiger charge is -2.45. The Morgan fingerprint density at radius 3 is 2.89 bits per heavy atom. The van der Waals surface area contributed by atoms with Crippen molar-refractivity contribution in [3.8, 4) is 6.07 Å². The van der Waals surface area contributed by atoms with Crippen LogP contribution in [-0.4, -0.2) is 37.1 Å². The van der Waals surface area contributed by atoms with E-state index >= 15 is 0 Å². The zero-order valence-electron chi connectivity index (χ0n) is 11.6. The number of benzene rings is 1. The average molecular weight is 255 g/mol. The summed E-state index contributed by atoms with van der Waals surface area (Å²) in [4.78, 5) is 5.14. The molecular formula is C16H21N3. The van der Waals surface area contributed by atoms with E-state index in [2.05, 4.69) is 28.0 Å². The molecule has 0 spiro atoms. The highest BCUT2D eigenvalue weighted by Crippen LogP contribution is 2.26. The van der Waals surface area contributed by atoms with Gasteiger partial charge in [-0.15, -0.1) is 0 Å². The maximum Gasteiger partial charge on any atom is 0.0994 e. The molecule has 0 amide bonds. The standard InChI is InChI=1S/C16H21N3/c1-13-10-15(6-5-14(13)11-17)19-9-8-18-7-3-2-4-16(18)12-19/h5-6,10,16H,2-4,7-9,12H2,1H3. The van der Waals surface area contributed by atoms with Gasteiger partial charge < -0.3 is 4.90 Å². The van der Waals surface area contributed by atoms with Gasteiger partial charge in [0.15, 0.2) is 0 Å². The summed E-state index contributed by atoms with van der Waals surface area (Å²) in [7, 11) is 0. The normalized spacial score (nSPS) is 23.8. The highest BCUT2D eigenvalue weighted by atomic mass is 15.3. The smallest absolute Gasteiger partial charge is 0.0994 e. The molecule has 0 radical (unpaired) electrons. The highest BCUT2D eigenvalue weighted by molar-refractivity contribution is 5.54. The van der Waals surface area contributed by atoms with Gasteiger partial charge in [0.25, 0.3) is 0 Å². The quantitative estimate of drug-likeness (QED) is 0.772. The van der Waals surface area contributed by atoms with Crippen molar-refractivity contribution in [1.29, 1.82) is 5.26 Å². The maximum atomic E-state index is 9.00. The van der Waals surface area contributed by atoms with Crippen LogP contribution in [0.15, 0.2) is 18.2 Å². The molecule has 1 aromatic rings. The fourth-order valence-electron chi connectivity index (χ4n) is 3.36. The molecule has 1 atom stereocenters. The Bertz CT molecular complexity index is 503. The van der Waals surface area contributed by atoms with Crippen LogP contribution in [0.2, 0.25) is 0 Å². The molecule has 2 aliphatic rings. The molecule has 2 heterocycles. The fourth-order valence-corrected chi connectivity index (χ4v) is 3.36. The second kappa shape index (κ2) is 5.22. The molecule has 100 valence electrons. The third-order valence-electron chi connectivity index (χ3n) is 4.53. The molecule has 0 aliphatic carbocycles.